The molecule has 3 rings (SSSR count). The van der Waals surface area contributed by atoms with Crippen LogP contribution in [0.15, 0.2) is 46.8 Å². The quantitative estimate of drug-likeness (QED) is 0.408. The van der Waals surface area contributed by atoms with E-state index in [1.165, 1.54) is 22.6 Å². The highest BCUT2D eigenvalue weighted by atomic mass is 16.6. The van der Waals surface area contributed by atoms with E-state index in [0.29, 0.717) is 5.56 Å². The Hall–Kier alpha value is -3.82. The fourth-order valence-electron chi connectivity index (χ4n) is 2.38. The predicted octanol–water partition coefficient (Wildman–Crippen LogP) is 3.30. The van der Waals surface area contributed by atoms with Crippen molar-refractivity contribution < 1.29 is 19.9 Å². The molecule has 0 aliphatic heterocycles. The molecule has 1 aromatic carbocycles. The lowest BCUT2D eigenvalue weighted by Crippen LogP contribution is -2.00. The van der Waals surface area contributed by atoms with Gasteiger partial charge in [0.25, 0.3) is 5.69 Å². The number of aliphatic carboxylic acids is 1. The van der Waals surface area contributed by atoms with Gasteiger partial charge in [0.1, 0.15) is 0 Å². The molecular weight excluding hydrogens is 342 g/mol. The normalized spacial score (nSPS) is 11.3. The molecule has 0 amide bonds. The summed E-state index contributed by atoms with van der Waals surface area (Å²) in [5.74, 6) is -1.12. The van der Waals surface area contributed by atoms with Gasteiger partial charge < -0.3 is 10.2 Å². The number of pyridine rings is 1. The van der Waals surface area contributed by atoms with Crippen LogP contribution in [0.5, 0.6) is 5.75 Å². The SMILES string of the molecule is Cc1ccc([N+](=O)[O-])cc1N=Nc1c(CC(=O)O)nc2c(O)cccn12. The zero-order chi connectivity index (χ0) is 18.8. The van der Waals surface area contributed by atoms with Gasteiger partial charge in [-0.3, -0.25) is 19.3 Å². The number of azo groups is 1. The number of aromatic hydroxyl groups is 1. The Bertz CT molecular complexity index is 1060. The molecule has 0 bridgehead atoms. The van der Waals surface area contributed by atoms with Crippen LogP contribution in [0, 0.1) is 17.0 Å². The number of benzene rings is 1. The van der Waals surface area contributed by atoms with E-state index < -0.39 is 17.3 Å². The van der Waals surface area contributed by atoms with Gasteiger partial charge >= 0.3 is 5.97 Å². The average molecular weight is 355 g/mol. The van der Waals surface area contributed by atoms with Crippen molar-refractivity contribution in [3.63, 3.8) is 0 Å². The molecule has 2 aromatic heterocycles. The van der Waals surface area contributed by atoms with E-state index in [9.17, 15) is 20.0 Å². The molecule has 0 unspecified atom stereocenters. The van der Waals surface area contributed by atoms with Gasteiger partial charge in [-0.15, -0.1) is 10.2 Å². The molecule has 132 valence electrons. The highest BCUT2D eigenvalue weighted by molar-refractivity contribution is 5.73. The topological polar surface area (TPSA) is 143 Å². The van der Waals surface area contributed by atoms with Crippen LogP contribution in [0.4, 0.5) is 17.2 Å². The van der Waals surface area contributed by atoms with Crippen molar-refractivity contribution in [2.45, 2.75) is 13.3 Å². The predicted molar refractivity (Wildman–Crippen MR) is 90.2 cm³/mol. The largest absolute Gasteiger partial charge is 0.504 e. The fourth-order valence-corrected chi connectivity index (χ4v) is 2.38. The van der Waals surface area contributed by atoms with Crippen LogP contribution >= 0.6 is 0 Å². The number of non-ortho nitro benzene ring substituents is 1. The van der Waals surface area contributed by atoms with Crippen LogP contribution in [0.2, 0.25) is 0 Å². The second-order valence-corrected chi connectivity index (χ2v) is 5.47. The number of aryl methyl sites for hydroxylation is 1. The van der Waals surface area contributed by atoms with Gasteiger partial charge in [-0.2, -0.15) is 0 Å². The standard InChI is InChI=1S/C16H13N5O5/c1-9-4-5-10(21(25)26)7-11(9)18-19-15-12(8-14(23)24)17-16-13(22)3-2-6-20(15)16/h2-7,22H,8H2,1H3,(H,23,24). The molecule has 10 heteroatoms. The summed E-state index contributed by atoms with van der Waals surface area (Å²) >= 11 is 0. The van der Waals surface area contributed by atoms with Gasteiger partial charge in [-0.25, -0.2) is 4.98 Å². The fraction of sp³-hybridized carbons (Fsp3) is 0.125. The molecule has 0 fully saturated rings. The molecule has 0 saturated heterocycles. The molecule has 2 N–H and O–H groups in total. The van der Waals surface area contributed by atoms with Gasteiger partial charge in [0.05, 0.1) is 22.7 Å². The van der Waals surface area contributed by atoms with Crippen molar-refractivity contribution in [2.24, 2.45) is 10.2 Å². The molecule has 0 atom stereocenters. The van der Waals surface area contributed by atoms with E-state index in [2.05, 4.69) is 15.2 Å². The minimum atomic E-state index is -1.11. The third kappa shape index (κ3) is 3.20. The highest BCUT2D eigenvalue weighted by Crippen LogP contribution is 2.30. The molecule has 10 nitrogen and oxygen atoms in total. The van der Waals surface area contributed by atoms with Crippen molar-refractivity contribution in [1.82, 2.24) is 9.38 Å². The van der Waals surface area contributed by atoms with Gasteiger partial charge in [-0.05, 0) is 24.6 Å². The second-order valence-electron chi connectivity index (χ2n) is 5.47. The van der Waals surface area contributed by atoms with Crippen LogP contribution in [0.25, 0.3) is 5.65 Å². The first-order valence-corrected chi connectivity index (χ1v) is 7.44. The Kier molecular flexibility index (Phi) is 4.31. The molecule has 0 saturated carbocycles. The van der Waals surface area contributed by atoms with E-state index in [0.717, 1.165) is 0 Å². The Morgan fingerprint density at radius 1 is 1.35 bits per heavy atom. The molecule has 2 heterocycles. The number of imidazole rings is 1. The van der Waals surface area contributed by atoms with Crippen LogP contribution in [0.1, 0.15) is 11.3 Å². The summed E-state index contributed by atoms with van der Waals surface area (Å²) in [7, 11) is 0. The van der Waals surface area contributed by atoms with Gasteiger partial charge in [-0.1, -0.05) is 6.07 Å². The zero-order valence-corrected chi connectivity index (χ0v) is 13.5. The van der Waals surface area contributed by atoms with E-state index in [-0.39, 0.29) is 34.3 Å². The number of rotatable bonds is 5. The first kappa shape index (κ1) is 17.0. The second kappa shape index (κ2) is 6.59. The van der Waals surface area contributed by atoms with Gasteiger partial charge in [0.15, 0.2) is 17.2 Å². The van der Waals surface area contributed by atoms with Crippen LogP contribution in [-0.2, 0) is 11.2 Å². The molecular formula is C16H13N5O5. The van der Waals surface area contributed by atoms with Gasteiger partial charge in [0.2, 0.25) is 0 Å². The summed E-state index contributed by atoms with van der Waals surface area (Å²) < 4.78 is 1.41. The number of hydrogen-bond acceptors (Lipinski definition) is 7. The van der Waals surface area contributed by atoms with E-state index in [1.807, 2.05) is 0 Å². The number of nitro groups is 1. The number of carboxylic acid groups (broad SMARTS) is 1. The maximum Gasteiger partial charge on any atom is 0.309 e. The summed E-state index contributed by atoms with van der Waals surface area (Å²) in [5, 5.41) is 37.9. The Morgan fingerprint density at radius 3 is 2.81 bits per heavy atom. The molecule has 3 aromatic rings. The molecule has 0 aliphatic carbocycles. The third-order valence-electron chi connectivity index (χ3n) is 3.65. The lowest BCUT2D eigenvalue weighted by molar-refractivity contribution is -0.384. The van der Waals surface area contributed by atoms with Crippen molar-refractivity contribution in [1.29, 1.82) is 0 Å². The van der Waals surface area contributed by atoms with Crippen molar-refractivity contribution in [3.05, 3.63) is 57.9 Å². The average Bonchev–Trinajstić information content (AvgIpc) is 2.92. The number of carbonyl (C=O) groups is 1. The summed E-state index contributed by atoms with van der Waals surface area (Å²) in [5.41, 5.74) is 1.07. The number of nitro benzene ring substituents is 1. The van der Waals surface area contributed by atoms with Crippen LogP contribution in [-0.4, -0.2) is 30.5 Å². The number of carboxylic acids is 1. The van der Waals surface area contributed by atoms with E-state index in [4.69, 9.17) is 5.11 Å². The summed E-state index contributed by atoms with van der Waals surface area (Å²) in [4.78, 5) is 25.5. The number of nitrogens with zero attached hydrogens (tertiary/aromatic N) is 5. The smallest absolute Gasteiger partial charge is 0.309 e. The van der Waals surface area contributed by atoms with Crippen molar-refractivity contribution in [2.75, 3.05) is 0 Å². The highest BCUT2D eigenvalue weighted by Gasteiger charge is 2.17. The van der Waals surface area contributed by atoms with E-state index in [1.54, 1.807) is 25.3 Å². The summed E-state index contributed by atoms with van der Waals surface area (Å²) in [6, 6.07) is 7.14. The third-order valence-corrected chi connectivity index (χ3v) is 3.65. The Balaban J connectivity index is 2.12. The van der Waals surface area contributed by atoms with E-state index >= 15 is 0 Å². The first-order chi connectivity index (χ1) is 12.4. The number of hydrogen-bond donors (Lipinski definition) is 2. The zero-order valence-electron chi connectivity index (χ0n) is 13.5. The summed E-state index contributed by atoms with van der Waals surface area (Å²) in [6.45, 7) is 1.72. The van der Waals surface area contributed by atoms with Crippen LogP contribution in [0.3, 0.4) is 0 Å². The van der Waals surface area contributed by atoms with Gasteiger partial charge in [0, 0.05) is 18.3 Å². The molecule has 0 spiro atoms. The summed E-state index contributed by atoms with van der Waals surface area (Å²) in [6.07, 6.45) is 1.14. The minimum Gasteiger partial charge on any atom is -0.504 e. The molecule has 26 heavy (non-hydrogen) atoms. The molecule has 0 aliphatic rings. The maximum atomic E-state index is 11.1. The number of aromatic nitrogens is 2. The first-order valence-electron chi connectivity index (χ1n) is 7.44. The van der Waals surface area contributed by atoms with Crippen LogP contribution < -0.4 is 0 Å². The maximum absolute atomic E-state index is 11.1. The lowest BCUT2D eigenvalue weighted by atomic mass is 10.2. The molecule has 0 radical (unpaired) electrons. The lowest BCUT2D eigenvalue weighted by Gasteiger charge is -2.00. The van der Waals surface area contributed by atoms with Crippen molar-refractivity contribution >= 4 is 28.8 Å². The monoisotopic (exact) mass is 355 g/mol. The number of fused-ring (bicyclic) bond motifs is 1. The minimum absolute atomic E-state index is 0.117. The Labute approximate surface area is 146 Å². The Morgan fingerprint density at radius 2 is 2.12 bits per heavy atom. The van der Waals surface area contributed by atoms with Crippen molar-refractivity contribution in [3.8, 4) is 5.75 Å².